The monoisotopic (exact) mass is 426 g/mol. The lowest BCUT2D eigenvalue weighted by molar-refractivity contribution is 0.0951. The van der Waals surface area contributed by atoms with E-state index >= 15 is 0 Å². The molecule has 0 saturated carbocycles. The highest BCUT2D eigenvalue weighted by molar-refractivity contribution is 7.71. The summed E-state index contributed by atoms with van der Waals surface area (Å²) in [5.74, 6) is 0.506. The number of furan rings is 1. The Kier molecular flexibility index (Phi) is 6.44. The summed E-state index contributed by atoms with van der Waals surface area (Å²) >= 11 is 5.36. The van der Waals surface area contributed by atoms with Gasteiger partial charge in [-0.15, -0.1) is 0 Å². The van der Waals surface area contributed by atoms with Gasteiger partial charge < -0.3 is 19.6 Å². The number of piperidine rings is 1. The number of carbonyl (C=O) groups is 1. The fourth-order valence-electron chi connectivity index (χ4n) is 3.89. The minimum absolute atomic E-state index is 0.144. The maximum Gasteiger partial charge on any atom is 0.262 e. The number of H-pyrrole nitrogens is 1. The molecule has 4 rings (SSSR count). The molecular formula is C22H26N4O3S. The molecule has 2 N–H and O–H groups in total. The van der Waals surface area contributed by atoms with Crippen LogP contribution in [0.3, 0.4) is 0 Å². The predicted octanol–water partition coefficient (Wildman–Crippen LogP) is 3.31. The highest BCUT2D eigenvalue weighted by Crippen LogP contribution is 2.12. The molecule has 1 aromatic carbocycles. The van der Waals surface area contributed by atoms with Crippen LogP contribution in [-0.2, 0) is 6.54 Å². The fraction of sp³-hybridized carbons (Fsp3) is 0.409. The number of fused-ring (bicyclic) bond motifs is 1. The van der Waals surface area contributed by atoms with Crippen molar-refractivity contribution in [2.24, 2.45) is 0 Å². The van der Waals surface area contributed by atoms with Gasteiger partial charge in [0.25, 0.3) is 11.5 Å². The van der Waals surface area contributed by atoms with Crippen LogP contribution in [0.15, 0.2) is 45.8 Å². The topological polar surface area (TPSA) is 83.3 Å². The zero-order chi connectivity index (χ0) is 20.9. The average molecular weight is 427 g/mol. The second-order valence-corrected chi connectivity index (χ2v) is 8.06. The molecule has 0 spiro atoms. The Morgan fingerprint density at radius 1 is 1.20 bits per heavy atom. The molecule has 0 aliphatic carbocycles. The molecule has 3 heterocycles. The molecule has 0 radical (unpaired) electrons. The van der Waals surface area contributed by atoms with Crippen molar-refractivity contribution in [3.8, 4) is 0 Å². The van der Waals surface area contributed by atoms with E-state index in [1.807, 2.05) is 0 Å². The Balaban J connectivity index is 1.43. The molecule has 0 bridgehead atoms. The highest BCUT2D eigenvalue weighted by atomic mass is 32.1. The SMILES string of the molecule is O=C(NCCCN1CCCCC1)c1ccc2c(=O)n(Cc3ccco3)c(=S)[nH]c2c1. The van der Waals surface area contributed by atoms with Crippen molar-refractivity contribution in [3.63, 3.8) is 0 Å². The number of rotatable bonds is 7. The fourth-order valence-corrected chi connectivity index (χ4v) is 4.14. The largest absolute Gasteiger partial charge is 0.467 e. The summed E-state index contributed by atoms with van der Waals surface area (Å²) in [6.45, 7) is 4.23. The van der Waals surface area contributed by atoms with Crippen molar-refractivity contribution in [1.82, 2.24) is 19.8 Å². The molecule has 30 heavy (non-hydrogen) atoms. The third-order valence-corrected chi connectivity index (χ3v) is 5.85. The van der Waals surface area contributed by atoms with E-state index in [4.69, 9.17) is 16.6 Å². The number of amides is 1. The molecular weight excluding hydrogens is 400 g/mol. The zero-order valence-electron chi connectivity index (χ0n) is 16.9. The summed E-state index contributed by atoms with van der Waals surface area (Å²) in [6.07, 6.45) is 6.36. The van der Waals surface area contributed by atoms with Gasteiger partial charge in [-0.2, -0.15) is 0 Å². The lowest BCUT2D eigenvalue weighted by Crippen LogP contribution is -2.33. The van der Waals surface area contributed by atoms with E-state index in [-0.39, 0.29) is 18.0 Å². The first kappa shape index (κ1) is 20.6. The Labute approximate surface area is 179 Å². The van der Waals surface area contributed by atoms with Crippen molar-refractivity contribution < 1.29 is 9.21 Å². The molecule has 7 nitrogen and oxygen atoms in total. The van der Waals surface area contributed by atoms with Crippen LogP contribution in [0.4, 0.5) is 0 Å². The number of aromatic amines is 1. The average Bonchev–Trinajstić information content (AvgIpc) is 3.28. The van der Waals surface area contributed by atoms with E-state index in [0.717, 1.165) is 26.1 Å². The van der Waals surface area contributed by atoms with Crippen molar-refractivity contribution in [1.29, 1.82) is 0 Å². The van der Waals surface area contributed by atoms with E-state index in [2.05, 4.69) is 15.2 Å². The molecule has 3 aromatic rings. The number of nitrogens with one attached hydrogen (secondary N) is 2. The van der Waals surface area contributed by atoms with Gasteiger partial charge in [-0.1, -0.05) is 6.42 Å². The summed E-state index contributed by atoms with van der Waals surface area (Å²) in [4.78, 5) is 30.9. The second-order valence-electron chi connectivity index (χ2n) is 7.67. The molecule has 2 aromatic heterocycles. The molecule has 1 aliphatic heterocycles. The molecule has 158 valence electrons. The predicted molar refractivity (Wildman–Crippen MR) is 118 cm³/mol. The van der Waals surface area contributed by atoms with Crippen molar-refractivity contribution in [2.45, 2.75) is 32.2 Å². The standard InChI is InChI=1S/C22H26N4O3S/c27-20(23-9-5-12-25-10-2-1-3-11-25)16-7-8-18-19(14-16)24-22(30)26(21(18)28)15-17-6-4-13-29-17/h4,6-8,13-14H,1-3,5,9-12,15H2,(H,23,27)(H,24,30). The van der Waals surface area contributed by atoms with Crippen molar-refractivity contribution >= 4 is 29.0 Å². The zero-order valence-corrected chi connectivity index (χ0v) is 17.7. The van der Waals surface area contributed by atoms with Gasteiger partial charge in [-0.3, -0.25) is 14.2 Å². The van der Waals surface area contributed by atoms with Gasteiger partial charge in [-0.05, 0) is 81.4 Å². The van der Waals surface area contributed by atoms with E-state index in [1.165, 1.54) is 23.8 Å². The van der Waals surface area contributed by atoms with Crippen LogP contribution in [-0.4, -0.2) is 46.5 Å². The van der Waals surface area contributed by atoms with E-state index in [1.54, 1.807) is 36.6 Å². The van der Waals surface area contributed by atoms with Gasteiger partial charge >= 0.3 is 0 Å². The Bertz CT molecular complexity index is 1130. The van der Waals surface area contributed by atoms with E-state index in [0.29, 0.717) is 33.5 Å². The van der Waals surface area contributed by atoms with Gasteiger partial charge in [0.15, 0.2) is 4.77 Å². The third kappa shape index (κ3) is 4.71. The molecule has 0 unspecified atom stereocenters. The summed E-state index contributed by atoms with van der Waals surface area (Å²) in [5, 5.41) is 3.46. The van der Waals surface area contributed by atoms with Crippen LogP contribution < -0.4 is 10.9 Å². The summed E-state index contributed by atoms with van der Waals surface area (Å²) in [6, 6.07) is 8.60. The number of benzene rings is 1. The van der Waals surface area contributed by atoms with Gasteiger partial charge in [-0.25, -0.2) is 0 Å². The van der Waals surface area contributed by atoms with Gasteiger partial charge in [0.05, 0.1) is 23.7 Å². The van der Waals surface area contributed by atoms with Crippen LogP contribution in [0.1, 0.15) is 41.8 Å². The molecule has 0 atom stereocenters. The number of aromatic nitrogens is 2. The van der Waals surface area contributed by atoms with Gasteiger partial charge in [0, 0.05) is 12.1 Å². The molecule has 1 aliphatic rings. The molecule has 1 saturated heterocycles. The first-order chi connectivity index (χ1) is 14.6. The van der Waals surface area contributed by atoms with Gasteiger partial charge in [0.1, 0.15) is 5.76 Å². The van der Waals surface area contributed by atoms with Crippen LogP contribution in [0, 0.1) is 4.77 Å². The van der Waals surface area contributed by atoms with Crippen LogP contribution in [0.25, 0.3) is 10.9 Å². The summed E-state index contributed by atoms with van der Waals surface area (Å²) in [7, 11) is 0. The maximum absolute atomic E-state index is 12.8. The second kappa shape index (κ2) is 9.40. The quantitative estimate of drug-likeness (QED) is 0.447. The number of likely N-dealkylation sites (tertiary alicyclic amines) is 1. The molecule has 8 heteroatoms. The highest BCUT2D eigenvalue weighted by Gasteiger charge is 2.12. The summed E-state index contributed by atoms with van der Waals surface area (Å²) in [5.41, 5.74) is 0.856. The Hall–Kier alpha value is -2.71. The van der Waals surface area contributed by atoms with E-state index in [9.17, 15) is 9.59 Å². The first-order valence-electron chi connectivity index (χ1n) is 10.4. The Morgan fingerprint density at radius 2 is 2.03 bits per heavy atom. The Morgan fingerprint density at radius 3 is 2.80 bits per heavy atom. The summed E-state index contributed by atoms with van der Waals surface area (Å²) < 4.78 is 7.07. The minimum Gasteiger partial charge on any atom is -0.467 e. The normalized spacial score (nSPS) is 14.8. The van der Waals surface area contributed by atoms with Crippen molar-refractivity contribution in [3.05, 3.63) is 63.0 Å². The number of nitrogens with zero attached hydrogens (tertiary/aromatic N) is 2. The van der Waals surface area contributed by atoms with E-state index < -0.39 is 0 Å². The maximum atomic E-state index is 12.8. The lowest BCUT2D eigenvalue weighted by Gasteiger charge is -2.26. The molecule has 1 fully saturated rings. The smallest absolute Gasteiger partial charge is 0.262 e. The number of hydrogen-bond acceptors (Lipinski definition) is 5. The third-order valence-electron chi connectivity index (χ3n) is 5.52. The minimum atomic E-state index is -0.210. The number of hydrogen-bond donors (Lipinski definition) is 2. The first-order valence-corrected chi connectivity index (χ1v) is 10.8. The van der Waals surface area contributed by atoms with Crippen LogP contribution >= 0.6 is 12.2 Å². The van der Waals surface area contributed by atoms with Gasteiger partial charge in [0.2, 0.25) is 0 Å². The lowest BCUT2D eigenvalue weighted by atomic mass is 10.1. The van der Waals surface area contributed by atoms with Crippen LogP contribution in [0.2, 0.25) is 0 Å². The van der Waals surface area contributed by atoms with Crippen LogP contribution in [0.5, 0.6) is 0 Å². The number of carbonyl (C=O) groups excluding carboxylic acids is 1. The molecule has 1 amide bonds. The van der Waals surface area contributed by atoms with Crippen molar-refractivity contribution in [2.75, 3.05) is 26.2 Å².